The standard InChI is InChI=1S/C25H34N2O3/c1-6-19(4)26-25(29)20(5)27(16-22-10-8-18(3)9-11-22)24(28)17-30-23-14-12-21(7-2)13-15-23/h8-15,19-20H,6-7,16-17H2,1-5H3,(H,26,29)/t19-,20+/m0/s1. The minimum Gasteiger partial charge on any atom is -0.484 e. The molecule has 2 rings (SSSR count). The molecule has 0 spiro atoms. The van der Waals surface area contributed by atoms with Gasteiger partial charge in [0, 0.05) is 12.6 Å². The molecule has 0 saturated carbocycles. The monoisotopic (exact) mass is 410 g/mol. The molecule has 2 atom stereocenters. The van der Waals surface area contributed by atoms with E-state index in [1.165, 1.54) is 5.56 Å². The third kappa shape index (κ3) is 6.90. The number of nitrogens with zero attached hydrogens (tertiary/aromatic N) is 1. The summed E-state index contributed by atoms with van der Waals surface area (Å²) in [7, 11) is 0. The van der Waals surface area contributed by atoms with Crippen LogP contribution in [0.15, 0.2) is 48.5 Å². The van der Waals surface area contributed by atoms with E-state index >= 15 is 0 Å². The van der Waals surface area contributed by atoms with Gasteiger partial charge in [0.1, 0.15) is 11.8 Å². The minimum atomic E-state index is -0.598. The van der Waals surface area contributed by atoms with Crippen LogP contribution in [0.4, 0.5) is 0 Å². The fourth-order valence-corrected chi connectivity index (χ4v) is 2.99. The summed E-state index contributed by atoms with van der Waals surface area (Å²) in [5.41, 5.74) is 3.34. The Kier molecular flexibility index (Phi) is 8.90. The quantitative estimate of drug-likeness (QED) is 0.636. The first-order valence-corrected chi connectivity index (χ1v) is 10.7. The number of amides is 2. The van der Waals surface area contributed by atoms with Crippen molar-refractivity contribution >= 4 is 11.8 Å². The maximum absolute atomic E-state index is 13.0. The molecule has 2 amide bonds. The van der Waals surface area contributed by atoms with E-state index in [-0.39, 0.29) is 24.5 Å². The SMILES string of the molecule is CCc1ccc(OCC(=O)N(Cc2ccc(C)cc2)[C@H](C)C(=O)N[C@@H](C)CC)cc1. The van der Waals surface area contributed by atoms with E-state index < -0.39 is 6.04 Å². The molecule has 0 saturated heterocycles. The van der Waals surface area contributed by atoms with Crippen molar-refractivity contribution in [3.05, 3.63) is 65.2 Å². The molecule has 5 heteroatoms. The summed E-state index contributed by atoms with van der Waals surface area (Å²) in [5, 5.41) is 2.97. The lowest BCUT2D eigenvalue weighted by molar-refractivity contribution is -0.142. The van der Waals surface area contributed by atoms with Gasteiger partial charge in [-0.25, -0.2) is 0 Å². The largest absolute Gasteiger partial charge is 0.484 e. The first-order valence-electron chi connectivity index (χ1n) is 10.7. The van der Waals surface area contributed by atoms with Crippen molar-refractivity contribution in [1.29, 1.82) is 0 Å². The van der Waals surface area contributed by atoms with E-state index in [0.717, 1.165) is 24.0 Å². The average molecular weight is 411 g/mol. The number of carbonyl (C=O) groups excluding carboxylic acids is 2. The molecule has 0 bridgehead atoms. The van der Waals surface area contributed by atoms with Gasteiger partial charge in [0.05, 0.1) is 0 Å². The van der Waals surface area contributed by atoms with Gasteiger partial charge in [0.25, 0.3) is 5.91 Å². The third-order valence-electron chi connectivity index (χ3n) is 5.34. The molecule has 0 aromatic heterocycles. The molecule has 1 N–H and O–H groups in total. The molecule has 30 heavy (non-hydrogen) atoms. The summed E-state index contributed by atoms with van der Waals surface area (Å²) in [4.78, 5) is 27.3. The Bertz CT molecular complexity index is 815. The zero-order valence-electron chi connectivity index (χ0n) is 18.8. The Morgan fingerprint density at radius 2 is 1.57 bits per heavy atom. The van der Waals surface area contributed by atoms with Gasteiger partial charge in [0.15, 0.2) is 6.61 Å². The summed E-state index contributed by atoms with van der Waals surface area (Å²) in [6, 6.07) is 15.2. The highest BCUT2D eigenvalue weighted by atomic mass is 16.5. The van der Waals surface area contributed by atoms with Crippen molar-refractivity contribution in [1.82, 2.24) is 10.2 Å². The summed E-state index contributed by atoms with van der Waals surface area (Å²) >= 11 is 0. The summed E-state index contributed by atoms with van der Waals surface area (Å²) in [5.74, 6) is 0.270. The number of benzene rings is 2. The van der Waals surface area contributed by atoms with Crippen LogP contribution in [-0.2, 0) is 22.6 Å². The topological polar surface area (TPSA) is 58.6 Å². The van der Waals surface area contributed by atoms with Crippen LogP contribution >= 0.6 is 0 Å². The number of hydrogen-bond acceptors (Lipinski definition) is 3. The number of carbonyl (C=O) groups is 2. The van der Waals surface area contributed by atoms with Crippen molar-refractivity contribution in [3.63, 3.8) is 0 Å². The molecule has 0 heterocycles. The lowest BCUT2D eigenvalue weighted by Gasteiger charge is -2.29. The van der Waals surface area contributed by atoms with Crippen molar-refractivity contribution in [2.45, 2.75) is 66.1 Å². The van der Waals surface area contributed by atoms with Crippen LogP contribution in [0.2, 0.25) is 0 Å². The van der Waals surface area contributed by atoms with E-state index in [9.17, 15) is 9.59 Å². The second-order valence-electron chi connectivity index (χ2n) is 7.79. The lowest BCUT2D eigenvalue weighted by Crippen LogP contribution is -2.50. The van der Waals surface area contributed by atoms with E-state index in [1.807, 2.05) is 69.3 Å². The fraction of sp³-hybridized carbons (Fsp3) is 0.440. The number of aryl methyl sites for hydroxylation is 2. The second kappa shape index (κ2) is 11.4. The van der Waals surface area contributed by atoms with Gasteiger partial charge in [-0.15, -0.1) is 0 Å². The lowest BCUT2D eigenvalue weighted by atomic mass is 10.1. The maximum atomic E-state index is 13.0. The molecule has 0 unspecified atom stereocenters. The van der Waals surface area contributed by atoms with Crippen LogP contribution in [0.1, 0.15) is 50.8 Å². The van der Waals surface area contributed by atoms with Crippen molar-refractivity contribution in [2.24, 2.45) is 0 Å². The van der Waals surface area contributed by atoms with E-state index in [0.29, 0.717) is 12.3 Å². The van der Waals surface area contributed by atoms with Gasteiger partial charge in [-0.2, -0.15) is 0 Å². The van der Waals surface area contributed by atoms with Gasteiger partial charge < -0.3 is 15.0 Å². The first-order chi connectivity index (χ1) is 14.3. The summed E-state index contributed by atoms with van der Waals surface area (Å²) in [6.45, 7) is 10.1. The van der Waals surface area contributed by atoms with Crippen LogP contribution in [0.25, 0.3) is 0 Å². The Hall–Kier alpha value is -2.82. The molecule has 2 aromatic rings. The molecule has 0 fully saturated rings. The Labute approximate surface area is 180 Å². The normalized spacial score (nSPS) is 12.7. The zero-order valence-corrected chi connectivity index (χ0v) is 18.8. The van der Waals surface area contributed by atoms with Gasteiger partial charge in [-0.05, 0) is 56.9 Å². The molecular formula is C25H34N2O3. The maximum Gasteiger partial charge on any atom is 0.261 e. The number of nitrogens with one attached hydrogen (secondary N) is 1. The Morgan fingerprint density at radius 3 is 2.13 bits per heavy atom. The third-order valence-corrected chi connectivity index (χ3v) is 5.34. The minimum absolute atomic E-state index is 0.0598. The van der Waals surface area contributed by atoms with Gasteiger partial charge in [-0.1, -0.05) is 55.8 Å². The molecule has 0 radical (unpaired) electrons. The Balaban J connectivity index is 2.12. The first kappa shape index (κ1) is 23.5. The summed E-state index contributed by atoms with van der Waals surface area (Å²) < 4.78 is 5.71. The molecule has 5 nitrogen and oxygen atoms in total. The molecule has 2 aromatic carbocycles. The highest BCUT2D eigenvalue weighted by Gasteiger charge is 2.27. The number of rotatable bonds is 10. The molecule has 162 valence electrons. The van der Waals surface area contributed by atoms with Crippen LogP contribution in [0.5, 0.6) is 5.75 Å². The number of ether oxygens (including phenoxy) is 1. The van der Waals surface area contributed by atoms with E-state index in [1.54, 1.807) is 11.8 Å². The van der Waals surface area contributed by atoms with E-state index in [4.69, 9.17) is 4.74 Å². The number of hydrogen-bond donors (Lipinski definition) is 1. The predicted octanol–water partition coefficient (Wildman–Crippen LogP) is 4.27. The Morgan fingerprint density at radius 1 is 0.967 bits per heavy atom. The van der Waals surface area contributed by atoms with Gasteiger partial charge in [-0.3, -0.25) is 9.59 Å². The van der Waals surface area contributed by atoms with Crippen molar-refractivity contribution < 1.29 is 14.3 Å². The predicted molar refractivity (Wildman–Crippen MR) is 120 cm³/mol. The van der Waals surface area contributed by atoms with Crippen LogP contribution in [0.3, 0.4) is 0 Å². The molecular weight excluding hydrogens is 376 g/mol. The van der Waals surface area contributed by atoms with Crippen molar-refractivity contribution in [3.8, 4) is 5.75 Å². The molecule has 0 aliphatic rings. The molecule has 0 aliphatic carbocycles. The van der Waals surface area contributed by atoms with E-state index in [2.05, 4.69) is 12.2 Å². The average Bonchev–Trinajstić information content (AvgIpc) is 2.76. The van der Waals surface area contributed by atoms with Crippen LogP contribution < -0.4 is 10.1 Å². The second-order valence-corrected chi connectivity index (χ2v) is 7.79. The van der Waals surface area contributed by atoms with Crippen LogP contribution in [-0.4, -0.2) is 35.4 Å². The smallest absolute Gasteiger partial charge is 0.261 e. The van der Waals surface area contributed by atoms with Crippen molar-refractivity contribution in [2.75, 3.05) is 6.61 Å². The highest BCUT2D eigenvalue weighted by Crippen LogP contribution is 2.15. The van der Waals surface area contributed by atoms with Crippen LogP contribution in [0, 0.1) is 6.92 Å². The zero-order chi connectivity index (χ0) is 22.1. The fourth-order valence-electron chi connectivity index (χ4n) is 2.99. The van der Waals surface area contributed by atoms with Gasteiger partial charge >= 0.3 is 0 Å². The molecule has 0 aliphatic heterocycles. The summed E-state index contributed by atoms with van der Waals surface area (Å²) in [6.07, 6.45) is 1.79. The van der Waals surface area contributed by atoms with Gasteiger partial charge in [0.2, 0.25) is 5.91 Å². The highest BCUT2D eigenvalue weighted by molar-refractivity contribution is 5.88.